The lowest BCUT2D eigenvalue weighted by atomic mass is 10.1. The van der Waals surface area contributed by atoms with E-state index in [1.165, 1.54) is 7.11 Å². The van der Waals surface area contributed by atoms with E-state index in [1.54, 1.807) is 87.9 Å². The average Bonchev–Trinajstić information content (AvgIpc) is 2.86. The number of nitrogens with zero attached hydrogens (tertiary/aromatic N) is 1. The number of anilines is 1. The molecule has 0 saturated carbocycles. The van der Waals surface area contributed by atoms with Crippen molar-refractivity contribution in [2.75, 3.05) is 26.6 Å². The van der Waals surface area contributed by atoms with Gasteiger partial charge < -0.3 is 19.5 Å². The average molecular weight is 447 g/mol. The Morgan fingerprint density at radius 3 is 2.21 bits per heavy atom. The molecule has 0 aliphatic rings. The summed E-state index contributed by atoms with van der Waals surface area (Å²) in [6.07, 6.45) is 0. The monoisotopic (exact) mass is 447 g/mol. The molecule has 3 aromatic carbocycles. The number of para-hydroxylation sites is 1. The lowest BCUT2D eigenvalue weighted by molar-refractivity contribution is 0.0955. The van der Waals surface area contributed by atoms with Crippen LogP contribution >= 0.6 is 0 Å². The van der Waals surface area contributed by atoms with Crippen LogP contribution < -0.4 is 25.0 Å². The molecule has 2 amide bonds. The molecule has 170 valence electrons. The van der Waals surface area contributed by atoms with Crippen LogP contribution in [0.4, 0.5) is 5.69 Å². The fourth-order valence-corrected chi connectivity index (χ4v) is 3.10. The molecule has 2 N–H and O–H groups in total. The normalized spacial score (nSPS) is 10.8. The Labute approximate surface area is 192 Å². The molecule has 3 rings (SSSR count). The molecule has 0 unspecified atom stereocenters. The van der Waals surface area contributed by atoms with E-state index in [0.717, 1.165) is 0 Å². The van der Waals surface area contributed by atoms with Crippen LogP contribution in [0.15, 0.2) is 71.8 Å². The van der Waals surface area contributed by atoms with Gasteiger partial charge in [0.15, 0.2) is 0 Å². The standard InChI is InChI=1S/C25H25N3O5/c1-16(20-13-12-19(32-3)15-23(20)33-4)27-28-25(30)21-10-5-6-11-22(21)26-24(29)17-8-7-9-18(14-17)31-2/h5-15H,1-4H3,(H,26,29)(H,28,30)/b27-16+. The molecule has 0 bridgehead atoms. The Balaban J connectivity index is 1.78. The summed E-state index contributed by atoms with van der Waals surface area (Å²) in [5.41, 5.74) is 4.83. The van der Waals surface area contributed by atoms with Gasteiger partial charge in [0.05, 0.1) is 38.3 Å². The zero-order valence-corrected chi connectivity index (χ0v) is 18.8. The first kappa shape index (κ1) is 23.3. The van der Waals surface area contributed by atoms with E-state index in [2.05, 4.69) is 15.8 Å². The van der Waals surface area contributed by atoms with Gasteiger partial charge in [0.2, 0.25) is 0 Å². The number of benzene rings is 3. The molecular formula is C25H25N3O5. The molecule has 0 aliphatic carbocycles. The number of carbonyl (C=O) groups excluding carboxylic acids is 2. The fourth-order valence-electron chi connectivity index (χ4n) is 3.10. The van der Waals surface area contributed by atoms with Crippen molar-refractivity contribution in [3.05, 3.63) is 83.4 Å². The van der Waals surface area contributed by atoms with Crippen molar-refractivity contribution in [1.82, 2.24) is 5.43 Å². The van der Waals surface area contributed by atoms with Crippen LogP contribution in [-0.4, -0.2) is 38.9 Å². The topological polar surface area (TPSA) is 98.2 Å². The molecule has 3 aromatic rings. The highest BCUT2D eigenvalue weighted by atomic mass is 16.5. The third-order valence-electron chi connectivity index (χ3n) is 4.88. The van der Waals surface area contributed by atoms with Gasteiger partial charge in [-0.3, -0.25) is 9.59 Å². The number of hydrazone groups is 1. The Morgan fingerprint density at radius 2 is 1.48 bits per heavy atom. The number of methoxy groups -OCH3 is 3. The van der Waals surface area contributed by atoms with Crippen LogP contribution in [-0.2, 0) is 0 Å². The third kappa shape index (κ3) is 5.68. The largest absolute Gasteiger partial charge is 0.497 e. The zero-order valence-electron chi connectivity index (χ0n) is 18.8. The minimum atomic E-state index is -0.469. The number of hydrogen-bond acceptors (Lipinski definition) is 6. The molecule has 0 atom stereocenters. The van der Waals surface area contributed by atoms with Crippen molar-refractivity contribution in [2.24, 2.45) is 5.10 Å². The second-order valence-electron chi connectivity index (χ2n) is 6.94. The number of nitrogens with one attached hydrogen (secondary N) is 2. The first-order valence-corrected chi connectivity index (χ1v) is 10.1. The Morgan fingerprint density at radius 1 is 0.758 bits per heavy atom. The Hall–Kier alpha value is -4.33. The van der Waals surface area contributed by atoms with E-state index in [-0.39, 0.29) is 11.5 Å². The summed E-state index contributed by atoms with van der Waals surface area (Å²) in [5.74, 6) is 0.941. The summed E-state index contributed by atoms with van der Waals surface area (Å²) in [6, 6.07) is 18.8. The van der Waals surface area contributed by atoms with Crippen LogP contribution in [0.25, 0.3) is 0 Å². The lowest BCUT2D eigenvalue weighted by Gasteiger charge is -2.12. The molecule has 33 heavy (non-hydrogen) atoms. The molecule has 0 radical (unpaired) electrons. The van der Waals surface area contributed by atoms with Crippen molar-refractivity contribution in [3.63, 3.8) is 0 Å². The van der Waals surface area contributed by atoms with Gasteiger partial charge in [0, 0.05) is 17.2 Å². The third-order valence-corrected chi connectivity index (χ3v) is 4.88. The van der Waals surface area contributed by atoms with Crippen molar-refractivity contribution in [1.29, 1.82) is 0 Å². The number of rotatable bonds is 8. The van der Waals surface area contributed by atoms with E-state index >= 15 is 0 Å². The van der Waals surface area contributed by atoms with Gasteiger partial charge in [-0.25, -0.2) is 5.43 Å². The molecular weight excluding hydrogens is 422 g/mol. The minimum Gasteiger partial charge on any atom is -0.497 e. The van der Waals surface area contributed by atoms with Gasteiger partial charge in [-0.15, -0.1) is 0 Å². The number of hydrogen-bond donors (Lipinski definition) is 2. The SMILES string of the molecule is COc1cccc(C(=O)Nc2ccccc2C(=O)N/N=C(\C)c2ccc(OC)cc2OC)c1. The second-order valence-corrected chi connectivity index (χ2v) is 6.94. The molecule has 0 saturated heterocycles. The van der Waals surface area contributed by atoms with Crippen LogP contribution in [0.3, 0.4) is 0 Å². The van der Waals surface area contributed by atoms with Crippen molar-refractivity contribution >= 4 is 23.2 Å². The fraction of sp³-hybridized carbons (Fsp3) is 0.160. The van der Waals surface area contributed by atoms with Gasteiger partial charge >= 0.3 is 0 Å². The first-order chi connectivity index (χ1) is 16.0. The van der Waals surface area contributed by atoms with Crippen molar-refractivity contribution in [2.45, 2.75) is 6.92 Å². The molecule has 0 fully saturated rings. The van der Waals surface area contributed by atoms with Gasteiger partial charge in [0.1, 0.15) is 17.2 Å². The minimum absolute atomic E-state index is 0.270. The van der Waals surface area contributed by atoms with Gasteiger partial charge in [-0.2, -0.15) is 5.10 Å². The van der Waals surface area contributed by atoms with E-state index in [4.69, 9.17) is 14.2 Å². The maximum Gasteiger partial charge on any atom is 0.273 e. The summed E-state index contributed by atoms with van der Waals surface area (Å²) >= 11 is 0. The van der Waals surface area contributed by atoms with Crippen molar-refractivity contribution < 1.29 is 23.8 Å². The summed E-state index contributed by atoms with van der Waals surface area (Å²) in [5, 5.41) is 6.97. The lowest BCUT2D eigenvalue weighted by Crippen LogP contribution is -2.22. The Kier molecular flexibility index (Phi) is 7.64. The molecule has 0 heterocycles. The van der Waals surface area contributed by atoms with Crippen LogP contribution in [0.5, 0.6) is 17.2 Å². The van der Waals surface area contributed by atoms with E-state index in [1.807, 2.05) is 0 Å². The highest BCUT2D eigenvalue weighted by Gasteiger charge is 2.15. The summed E-state index contributed by atoms with van der Waals surface area (Å²) in [4.78, 5) is 25.5. The molecule has 8 nitrogen and oxygen atoms in total. The van der Waals surface area contributed by atoms with Crippen LogP contribution in [0.2, 0.25) is 0 Å². The first-order valence-electron chi connectivity index (χ1n) is 10.1. The van der Waals surface area contributed by atoms with E-state index < -0.39 is 5.91 Å². The number of ether oxygens (including phenoxy) is 3. The molecule has 0 spiro atoms. The molecule has 8 heteroatoms. The van der Waals surface area contributed by atoms with Crippen LogP contribution in [0, 0.1) is 0 Å². The predicted octanol–water partition coefficient (Wildman–Crippen LogP) is 4.12. The summed E-state index contributed by atoms with van der Waals surface area (Å²) in [7, 11) is 4.65. The molecule has 0 aromatic heterocycles. The quantitative estimate of drug-likeness (QED) is 0.400. The highest BCUT2D eigenvalue weighted by Crippen LogP contribution is 2.25. The molecule has 0 aliphatic heterocycles. The maximum atomic E-state index is 12.8. The van der Waals surface area contributed by atoms with Gasteiger partial charge in [-0.1, -0.05) is 18.2 Å². The predicted molar refractivity (Wildman–Crippen MR) is 127 cm³/mol. The maximum absolute atomic E-state index is 12.8. The van der Waals surface area contributed by atoms with E-state index in [9.17, 15) is 9.59 Å². The summed E-state index contributed by atoms with van der Waals surface area (Å²) in [6.45, 7) is 1.75. The Bertz CT molecular complexity index is 1190. The van der Waals surface area contributed by atoms with E-state index in [0.29, 0.717) is 39.8 Å². The van der Waals surface area contributed by atoms with Gasteiger partial charge in [-0.05, 0) is 49.4 Å². The van der Waals surface area contributed by atoms with Gasteiger partial charge in [0.25, 0.3) is 11.8 Å². The van der Waals surface area contributed by atoms with Crippen molar-refractivity contribution in [3.8, 4) is 17.2 Å². The smallest absolute Gasteiger partial charge is 0.273 e. The number of amides is 2. The highest BCUT2D eigenvalue weighted by molar-refractivity contribution is 6.09. The summed E-state index contributed by atoms with van der Waals surface area (Å²) < 4.78 is 15.8. The zero-order chi connectivity index (χ0) is 23.8. The number of carbonyl (C=O) groups is 2. The van der Waals surface area contributed by atoms with Crippen LogP contribution in [0.1, 0.15) is 33.2 Å². The second kappa shape index (κ2) is 10.8.